The zero-order chi connectivity index (χ0) is 13.9. The van der Waals surface area contributed by atoms with Crippen LogP contribution in [0.4, 0.5) is 5.69 Å². The second-order valence-electron chi connectivity index (χ2n) is 4.51. The third-order valence-corrected chi connectivity index (χ3v) is 2.64. The first-order valence-corrected chi connectivity index (χ1v) is 5.71. The van der Waals surface area contributed by atoms with Crippen LogP contribution in [-0.2, 0) is 4.79 Å². The molecule has 5 nitrogen and oxygen atoms in total. The molecule has 0 aromatic heterocycles. The lowest BCUT2D eigenvalue weighted by molar-refractivity contribution is -0.116. The molecule has 3 N–H and O–H groups in total. The van der Waals surface area contributed by atoms with Crippen LogP contribution in [0.1, 0.15) is 29.8 Å². The molecule has 0 heterocycles. The number of carbonyl (C=O) groups excluding carboxylic acids is 1. The van der Waals surface area contributed by atoms with E-state index in [0.29, 0.717) is 5.69 Å². The Kier molecular flexibility index (Phi) is 4.31. The van der Waals surface area contributed by atoms with E-state index in [1.54, 1.807) is 23.1 Å². The summed E-state index contributed by atoms with van der Waals surface area (Å²) in [4.78, 5) is 24.0. The minimum Gasteiger partial charge on any atom is -0.478 e. The van der Waals surface area contributed by atoms with Crippen LogP contribution in [0.2, 0.25) is 0 Å². The first-order chi connectivity index (χ1) is 8.32. The minimum absolute atomic E-state index is 0.00139. The van der Waals surface area contributed by atoms with Crippen molar-refractivity contribution in [1.82, 2.24) is 0 Å². The molecule has 0 unspecified atom stereocenters. The lowest BCUT2D eigenvalue weighted by Gasteiger charge is -2.29. The number of amides is 1. The standard InChI is InChI=1S/C13H18N2O3/c1-8(2)15(7-12(14)16)11-6-9(3)4-5-10(11)13(17)18/h4-6,8H,7H2,1-3H3,(H2,14,16)(H,17,18). The van der Waals surface area contributed by atoms with Crippen LogP contribution < -0.4 is 10.6 Å². The number of primary amides is 1. The molecule has 0 aliphatic rings. The summed E-state index contributed by atoms with van der Waals surface area (Å²) in [6, 6.07) is 5.02. The SMILES string of the molecule is Cc1ccc(C(=O)O)c(N(CC(N)=O)C(C)C)c1. The average molecular weight is 250 g/mol. The Labute approximate surface area is 106 Å². The average Bonchev–Trinajstić information content (AvgIpc) is 2.24. The van der Waals surface area contributed by atoms with Crippen molar-refractivity contribution in [2.75, 3.05) is 11.4 Å². The van der Waals surface area contributed by atoms with Crippen molar-refractivity contribution in [3.05, 3.63) is 29.3 Å². The van der Waals surface area contributed by atoms with Gasteiger partial charge in [-0.25, -0.2) is 4.79 Å². The smallest absolute Gasteiger partial charge is 0.337 e. The van der Waals surface area contributed by atoms with Gasteiger partial charge in [0.2, 0.25) is 5.91 Å². The summed E-state index contributed by atoms with van der Waals surface area (Å²) >= 11 is 0. The second-order valence-corrected chi connectivity index (χ2v) is 4.51. The Balaban J connectivity index is 3.29. The van der Waals surface area contributed by atoms with E-state index in [1.807, 2.05) is 20.8 Å². The summed E-state index contributed by atoms with van der Waals surface area (Å²) in [5.74, 6) is -1.50. The highest BCUT2D eigenvalue weighted by Gasteiger charge is 2.19. The normalized spacial score (nSPS) is 10.4. The summed E-state index contributed by atoms with van der Waals surface area (Å²) in [6.07, 6.45) is 0. The Morgan fingerprint density at radius 1 is 1.39 bits per heavy atom. The molecule has 1 rings (SSSR count). The fraction of sp³-hybridized carbons (Fsp3) is 0.385. The number of hydrogen-bond donors (Lipinski definition) is 2. The molecule has 0 spiro atoms. The minimum atomic E-state index is -1.01. The predicted octanol–water partition coefficient (Wildman–Crippen LogP) is 1.39. The number of rotatable bonds is 5. The van der Waals surface area contributed by atoms with Crippen LogP contribution in [0.3, 0.4) is 0 Å². The number of nitrogens with two attached hydrogens (primary N) is 1. The van der Waals surface area contributed by atoms with Gasteiger partial charge in [0, 0.05) is 6.04 Å². The van der Waals surface area contributed by atoms with Gasteiger partial charge < -0.3 is 15.7 Å². The number of anilines is 1. The highest BCUT2D eigenvalue weighted by atomic mass is 16.4. The molecule has 1 aromatic rings. The molecule has 0 aliphatic carbocycles. The number of carboxylic acid groups (broad SMARTS) is 1. The van der Waals surface area contributed by atoms with Crippen LogP contribution in [0, 0.1) is 6.92 Å². The molecule has 1 amide bonds. The van der Waals surface area contributed by atoms with E-state index in [4.69, 9.17) is 5.73 Å². The quantitative estimate of drug-likeness (QED) is 0.827. The molecular formula is C13H18N2O3. The number of carbonyl (C=O) groups is 2. The van der Waals surface area contributed by atoms with Gasteiger partial charge in [-0.2, -0.15) is 0 Å². The van der Waals surface area contributed by atoms with Crippen molar-refractivity contribution in [2.45, 2.75) is 26.8 Å². The van der Waals surface area contributed by atoms with Crippen LogP contribution in [0.25, 0.3) is 0 Å². The molecular weight excluding hydrogens is 232 g/mol. The van der Waals surface area contributed by atoms with Crippen molar-refractivity contribution in [3.8, 4) is 0 Å². The molecule has 98 valence electrons. The van der Waals surface area contributed by atoms with Crippen molar-refractivity contribution in [1.29, 1.82) is 0 Å². The first-order valence-electron chi connectivity index (χ1n) is 5.71. The highest BCUT2D eigenvalue weighted by molar-refractivity contribution is 5.95. The maximum absolute atomic E-state index is 11.2. The van der Waals surface area contributed by atoms with Crippen molar-refractivity contribution in [2.24, 2.45) is 5.73 Å². The Hall–Kier alpha value is -2.04. The highest BCUT2D eigenvalue weighted by Crippen LogP contribution is 2.24. The zero-order valence-electron chi connectivity index (χ0n) is 10.8. The van der Waals surface area contributed by atoms with E-state index in [2.05, 4.69) is 0 Å². The number of aromatic carboxylic acids is 1. The molecule has 0 fully saturated rings. The molecule has 0 bridgehead atoms. The summed E-state index contributed by atoms with van der Waals surface area (Å²) in [6.45, 7) is 5.65. The molecule has 0 aliphatic heterocycles. The van der Waals surface area contributed by atoms with E-state index in [-0.39, 0.29) is 18.2 Å². The summed E-state index contributed by atoms with van der Waals surface area (Å²) in [7, 11) is 0. The lowest BCUT2D eigenvalue weighted by Crippen LogP contribution is -2.39. The monoisotopic (exact) mass is 250 g/mol. The van der Waals surface area contributed by atoms with Gasteiger partial charge in [-0.15, -0.1) is 0 Å². The number of aryl methyl sites for hydroxylation is 1. The molecule has 0 saturated carbocycles. The fourth-order valence-corrected chi connectivity index (χ4v) is 1.77. The second kappa shape index (κ2) is 5.53. The van der Waals surface area contributed by atoms with Gasteiger partial charge in [-0.1, -0.05) is 6.07 Å². The van der Waals surface area contributed by atoms with E-state index < -0.39 is 11.9 Å². The van der Waals surface area contributed by atoms with Gasteiger partial charge in [0.1, 0.15) is 0 Å². The van der Waals surface area contributed by atoms with E-state index >= 15 is 0 Å². The summed E-state index contributed by atoms with van der Waals surface area (Å²) in [5, 5.41) is 9.18. The third-order valence-electron chi connectivity index (χ3n) is 2.64. The Bertz CT molecular complexity index is 469. The lowest BCUT2D eigenvalue weighted by atomic mass is 10.1. The van der Waals surface area contributed by atoms with E-state index in [1.165, 1.54) is 0 Å². The maximum atomic E-state index is 11.2. The van der Waals surface area contributed by atoms with Crippen molar-refractivity contribution < 1.29 is 14.7 Å². The van der Waals surface area contributed by atoms with Crippen molar-refractivity contribution >= 4 is 17.6 Å². The third kappa shape index (κ3) is 3.23. The number of nitrogens with zero attached hydrogens (tertiary/aromatic N) is 1. The van der Waals surface area contributed by atoms with Crippen molar-refractivity contribution in [3.63, 3.8) is 0 Å². The Morgan fingerprint density at radius 3 is 2.44 bits per heavy atom. The summed E-state index contributed by atoms with van der Waals surface area (Å²) < 4.78 is 0. The summed E-state index contributed by atoms with van der Waals surface area (Å²) in [5.41, 5.74) is 6.84. The van der Waals surface area contributed by atoms with Crippen LogP contribution in [0.15, 0.2) is 18.2 Å². The van der Waals surface area contributed by atoms with Gasteiger partial charge in [-0.3, -0.25) is 4.79 Å². The first kappa shape index (κ1) is 14.0. The molecule has 0 radical (unpaired) electrons. The van der Waals surface area contributed by atoms with Gasteiger partial charge in [-0.05, 0) is 38.5 Å². The van der Waals surface area contributed by atoms with Gasteiger partial charge in [0.05, 0.1) is 17.8 Å². The molecule has 5 heteroatoms. The van der Waals surface area contributed by atoms with Crippen LogP contribution >= 0.6 is 0 Å². The number of carboxylic acids is 1. The van der Waals surface area contributed by atoms with E-state index in [0.717, 1.165) is 5.56 Å². The molecule has 0 saturated heterocycles. The van der Waals surface area contributed by atoms with Gasteiger partial charge in [0.15, 0.2) is 0 Å². The van der Waals surface area contributed by atoms with Gasteiger partial charge >= 0.3 is 5.97 Å². The maximum Gasteiger partial charge on any atom is 0.337 e. The molecule has 18 heavy (non-hydrogen) atoms. The largest absolute Gasteiger partial charge is 0.478 e. The van der Waals surface area contributed by atoms with Crippen LogP contribution in [-0.4, -0.2) is 29.6 Å². The van der Waals surface area contributed by atoms with E-state index in [9.17, 15) is 14.7 Å². The predicted molar refractivity (Wildman–Crippen MR) is 69.8 cm³/mol. The molecule has 0 atom stereocenters. The Morgan fingerprint density at radius 2 is 2.00 bits per heavy atom. The van der Waals surface area contributed by atoms with Crippen LogP contribution in [0.5, 0.6) is 0 Å². The molecule has 1 aromatic carbocycles. The topological polar surface area (TPSA) is 83.6 Å². The number of hydrogen-bond acceptors (Lipinski definition) is 3. The number of benzene rings is 1. The fourth-order valence-electron chi connectivity index (χ4n) is 1.77. The zero-order valence-corrected chi connectivity index (χ0v) is 10.8. The van der Waals surface area contributed by atoms with Gasteiger partial charge in [0.25, 0.3) is 0 Å².